The van der Waals surface area contributed by atoms with E-state index in [4.69, 9.17) is 11.8 Å². The molecule has 0 atom stereocenters. The van der Waals surface area contributed by atoms with Gasteiger partial charge in [0, 0.05) is 11.0 Å². The summed E-state index contributed by atoms with van der Waals surface area (Å²) >= 11 is 8.81. The fraction of sp³-hybridized carbons (Fsp3) is 0.760. The molecular formula is C25H41OPS2. The minimum atomic E-state index is -1.47. The van der Waals surface area contributed by atoms with E-state index in [1.807, 2.05) is 0 Å². The van der Waals surface area contributed by atoms with Gasteiger partial charge in [-0.05, 0) is 78.5 Å². The molecule has 0 aromatic heterocycles. The molecular weight excluding hydrogens is 411 g/mol. The summed E-state index contributed by atoms with van der Waals surface area (Å²) in [4.78, 5) is 0. The lowest BCUT2D eigenvalue weighted by atomic mass is 9.83. The zero-order chi connectivity index (χ0) is 21.2. The Morgan fingerprint density at radius 1 is 0.966 bits per heavy atom. The smallest absolute Gasteiger partial charge is 0.122 e. The van der Waals surface area contributed by atoms with E-state index in [1.54, 1.807) is 0 Å². The Hall–Kier alpha value is 0.0200. The van der Waals surface area contributed by atoms with Crippen molar-refractivity contribution in [3.8, 4) is 5.75 Å². The number of aromatic hydroxyl groups is 1. The fourth-order valence-electron chi connectivity index (χ4n) is 5.36. The van der Waals surface area contributed by atoms with Gasteiger partial charge in [-0.15, -0.1) is 11.4 Å². The van der Waals surface area contributed by atoms with E-state index in [-0.39, 0.29) is 5.41 Å². The van der Waals surface area contributed by atoms with Crippen molar-refractivity contribution in [1.29, 1.82) is 0 Å². The van der Waals surface area contributed by atoms with E-state index in [2.05, 4.69) is 52.1 Å². The number of phenolic OH excluding ortho intramolecular Hbond substituents is 1. The third-order valence-corrected chi connectivity index (χ3v) is 17.3. The Bertz CT molecular complexity index is 731. The van der Waals surface area contributed by atoms with Crippen LogP contribution in [0.4, 0.5) is 0 Å². The Morgan fingerprint density at radius 3 is 1.90 bits per heavy atom. The van der Waals surface area contributed by atoms with Crippen molar-refractivity contribution < 1.29 is 5.11 Å². The number of benzene rings is 1. The van der Waals surface area contributed by atoms with Crippen molar-refractivity contribution in [2.75, 3.05) is 0 Å². The van der Waals surface area contributed by atoms with Crippen LogP contribution in [-0.2, 0) is 23.0 Å². The number of aryl methyl sites for hydroxylation is 1. The molecule has 0 radical (unpaired) electrons. The maximum absolute atomic E-state index is 10.9. The quantitative estimate of drug-likeness (QED) is 0.452. The van der Waals surface area contributed by atoms with Crippen molar-refractivity contribution in [2.45, 2.75) is 121 Å². The minimum Gasteiger partial charge on any atom is -0.507 e. The number of phenols is 1. The van der Waals surface area contributed by atoms with Crippen molar-refractivity contribution in [2.24, 2.45) is 0 Å². The average molecular weight is 453 g/mol. The maximum atomic E-state index is 10.9. The van der Waals surface area contributed by atoms with Crippen molar-refractivity contribution in [3.63, 3.8) is 0 Å². The maximum Gasteiger partial charge on any atom is 0.122 e. The highest BCUT2D eigenvalue weighted by Gasteiger charge is 2.38. The Balaban J connectivity index is 1.88. The van der Waals surface area contributed by atoms with Crippen LogP contribution >= 0.6 is 16.6 Å². The minimum absolute atomic E-state index is 0.0375. The second-order valence-electron chi connectivity index (χ2n) is 10.4. The van der Waals surface area contributed by atoms with Crippen LogP contribution in [0.25, 0.3) is 0 Å². The van der Waals surface area contributed by atoms with Crippen LogP contribution in [-0.4, -0.2) is 16.4 Å². The Morgan fingerprint density at radius 2 is 1.45 bits per heavy atom. The van der Waals surface area contributed by atoms with Gasteiger partial charge >= 0.3 is 0 Å². The molecule has 2 saturated carbocycles. The van der Waals surface area contributed by atoms with Crippen molar-refractivity contribution >= 4 is 28.4 Å². The molecule has 0 aliphatic heterocycles. The molecule has 1 aromatic rings. The highest BCUT2D eigenvalue weighted by molar-refractivity contribution is 8.71. The summed E-state index contributed by atoms with van der Waals surface area (Å²) in [5.41, 5.74) is 6.36. The van der Waals surface area contributed by atoms with Gasteiger partial charge in [0.05, 0.1) is 0 Å². The molecule has 0 spiro atoms. The molecule has 2 aliphatic carbocycles. The second kappa shape index (κ2) is 9.66. The molecule has 0 saturated heterocycles. The summed E-state index contributed by atoms with van der Waals surface area (Å²) in [6.07, 6.45) is 13.8. The third kappa shape index (κ3) is 5.27. The zero-order valence-electron chi connectivity index (χ0n) is 19.2. The number of rotatable bonds is 5. The summed E-state index contributed by atoms with van der Waals surface area (Å²) in [6.45, 7) is 10.9. The van der Waals surface area contributed by atoms with Crippen LogP contribution in [0.15, 0.2) is 6.07 Å². The van der Waals surface area contributed by atoms with Crippen LogP contribution in [0.2, 0.25) is 0 Å². The molecule has 1 aromatic carbocycles. The SMILES string of the molecule is Cc1cc(C(C)(C)C)c(O)c(C)c1CSP(=S)(C1CCCCC1)C1CCCCC1. The van der Waals surface area contributed by atoms with Crippen molar-refractivity contribution in [3.05, 3.63) is 28.3 Å². The second-order valence-corrected chi connectivity index (χ2v) is 18.8. The van der Waals surface area contributed by atoms with Crippen LogP contribution in [0.1, 0.15) is 107 Å². The van der Waals surface area contributed by atoms with Gasteiger partial charge in [-0.1, -0.05) is 77.2 Å². The van der Waals surface area contributed by atoms with Gasteiger partial charge in [0.1, 0.15) is 5.75 Å². The molecule has 0 amide bonds. The first-order chi connectivity index (χ1) is 13.6. The lowest BCUT2D eigenvalue weighted by molar-refractivity contribution is 0.442. The molecule has 2 fully saturated rings. The molecule has 2 aliphatic rings. The molecule has 3 rings (SSSR count). The molecule has 29 heavy (non-hydrogen) atoms. The van der Waals surface area contributed by atoms with E-state index in [0.717, 1.165) is 28.2 Å². The van der Waals surface area contributed by atoms with Gasteiger partial charge in [0.15, 0.2) is 0 Å². The van der Waals surface area contributed by atoms with Crippen LogP contribution in [0.3, 0.4) is 0 Å². The largest absolute Gasteiger partial charge is 0.507 e. The lowest BCUT2D eigenvalue weighted by Crippen LogP contribution is -2.22. The predicted molar refractivity (Wildman–Crippen MR) is 136 cm³/mol. The van der Waals surface area contributed by atoms with E-state index in [9.17, 15) is 5.11 Å². The van der Waals surface area contributed by atoms with Gasteiger partial charge in [0.2, 0.25) is 0 Å². The highest BCUT2D eigenvalue weighted by Crippen LogP contribution is 2.72. The lowest BCUT2D eigenvalue weighted by Gasteiger charge is -2.41. The third-order valence-electron chi connectivity index (χ3n) is 7.29. The normalized spacial score (nSPS) is 20.2. The first-order valence-electron chi connectivity index (χ1n) is 11.7. The van der Waals surface area contributed by atoms with Crippen LogP contribution < -0.4 is 0 Å². The summed E-state index contributed by atoms with van der Waals surface area (Å²) in [7, 11) is 0. The standard InChI is InChI=1S/C25H41OPS2/c1-18-16-23(25(3,4)5)24(26)19(2)22(18)17-29-27(28,20-12-8-6-9-13-20)21-14-10-7-11-15-21/h16,20-21,26H,6-15,17H2,1-5H3. The van der Waals surface area contributed by atoms with Gasteiger partial charge in [-0.2, -0.15) is 0 Å². The molecule has 164 valence electrons. The van der Waals surface area contributed by atoms with Gasteiger partial charge in [-0.25, -0.2) is 0 Å². The Labute approximate surface area is 188 Å². The topological polar surface area (TPSA) is 20.2 Å². The summed E-state index contributed by atoms with van der Waals surface area (Å²) in [5, 5.41) is 9.47. The summed E-state index contributed by atoms with van der Waals surface area (Å²) in [5.74, 6) is 1.49. The fourth-order valence-corrected chi connectivity index (χ4v) is 14.6. The molecule has 1 N–H and O–H groups in total. The van der Waals surface area contributed by atoms with E-state index < -0.39 is 5.24 Å². The molecule has 0 heterocycles. The summed E-state index contributed by atoms with van der Waals surface area (Å²) in [6, 6.07) is 2.23. The van der Waals surface area contributed by atoms with E-state index >= 15 is 0 Å². The summed E-state index contributed by atoms with van der Waals surface area (Å²) < 4.78 is 0. The van der Waals surface area contributed by atoms with Crippen molar-refractivity contribution in [1.82, 2.24) is 0 Å². The predicted octanol–water partition coefficient (Wildman–Crippen LogP) is 8.60. The van der Waals surface area contributed by atoms with Gasteiger partial charge < -0.3 is 5.11 Å². The number of hydrogen-bond donors (Lipinski definition) is 1. The van der Waals surface area contributed by atoms with E-state index in [0.29, 0.717) is 5.75 Å². The average Bonchev–Trinajstić information content (AvgIpc) is 2.71. The molecule has 0 bridgehead atoms. The first kappa shape index (κ1) is 23.7. The molecule has 4 heteroatoms. The monoisotopic (exact) mass is 452 g/mol. The Kier molecular flexibility index (Phi) is 7.89. The number of hydrogen-bond acceptors (Lipinski definition) is 3. The van der Waals surface area contributed by atoms with Gasteiger partial charge in [-0.3, -0.25) is 0 Å². The van der Waals surface area contributed by atoms with Crippen LogP contribution in [0, 0.1) is 13.8 Å². The van der Waals surface area contributed by atoms with E-state index in [1.165, 1.54) is 75.3 Å². The first-order valence-corrected chi connectivity index (χ1v) is 16.2. The molecule has 0 unspecified atom stereocenters. The molecule has 1 nitrogen and oxygen atoms in total. The van der Waals surface area contributed by atoms with Crippen LogP contribution in [0.5, 0.6) is 5.75 Å². The zero-order valence-corrected chi connectivity index (χ0v) is 21.7. The van der Waals surface area contributed by atoms with Gasteiger partial charge in [0.25, 0.3) is 0 Å². The highest BCUT2D eigenvalue weighted by atomic mass is 32.9.